The summed E-state index contributed by atoms with van der Waals surface area (Å²) in [6.07, 6.45) is 0.113. The van der Waals surface area contributed by atoms with E-state index in [2.05, 4.69) is 10.6 Å². The zero-order valence-corrected chi connectivity index (χ0v) is 15.6. The van der Waals surface area contributed by atoms with Gasteiger partial charge in [0.2, 0.25) is 5.91 Å². The molecule has 0 saturated heterocycles. The number of aryl methyl sites for hydroxylation is 1. The molecule has 134 valence electrons. The topological polar surface area (TPSA) is 59.6 Å². The van der Waals surface area contributed by atoms with Crippen LogP contribution in [0.1, 0.15) is 19.4 Å². The average molecular weight is 363 g/mol. The zero-order chi connectivity index (χ0) is 18.4. The van der Waals surface area contributed by atoms with Crippen molar-refractivity contribution in [3.8, 4) is 11.5 Å². The number of hydrogen-bond acceptors (Lipinski definition) is 4. The molecule has 0 atom stereocenters. The van der Waals surface area contributed by atoms with Gasteiger partial charge in [0.05, 0.1) is 25.4 Å². The number of rotatable bonds is 7. The van der Waals surface area contributed by atoms with E-state index in [4.69, 9.17) is 21.1 Å². The summed E-state index contributed by atoms with van der Waals surface area (Å²) in [6, 6.07) is 10.9. The maximum absolute atomic E-state index is 12.1. The minimum Gasteiger partial charge on any atom is -0.495 e. The highest BCUT2D eigenvalue weighted by Gasteiger charge is 2.09. The Bertz CT molecular complexity index is 730. The molecule has 2 aromatic carbocycles. The van der Waals surface area contributed by atoms with Crippen LogP contribution in [0.3, 0.4) is 0 Å². The van der Waals surface area contributed by atoms with Gasteiger partial charge in [-0.1, -0.05) is 11.6 Å². The quantitative estimate of drug-likeness (QED) is 0.761. The summed E-state index contributed by atoms with van der Waals surface area (Å²) in [7, 11) is 1.56. The Labute approximate surface area is 153 Å². The molecule has 0 radical (unpaired) electrons. The first kappa shape index (κ1) is 18.9. The van der Waals surface area contributed by atoms with Crippen molar-refractivity contribution in [3.05, 3.63) is 47.0 Å². The SMILES string of the molecule is COc1cc(Cl)c(C)cc1NCC(=O)Nc1ccc(OC(C)C)cc1. The Hall–Kier alpha value is -2.40. The van der Waals surface area contributed by atoms with E-state index in [9.17, 15) is 4.79 Å². The summed E-state index contributed by atoms with van der Waals surface area (Å²) >= 11 is 6.08. The molecule has 2 aromatic rings. The molecule has 0 aliphatic carbocycles. The number of nitrogens with one attached hydrogen (secondary N) is 2. The number of benzene rings is 2. The van der Waals surface area contributed by atoms with Crippen molar-refractivity contribution < 1.29 is 14.3 Å². The average Bonchev–Trinajstić information content (AvgIpc) is 2.57. The molecule has 0 heterocycles. The zero-order valence-electron chi connectivity index (χ0n) is 14.9. The van der Waals surface area contributed by atoms with Gasteiger partial charge in [0.25, 0.3) is 0 Å². The number of amides is 1. The van der Waals surface area contributed by atoms with Crippen LogP contribution < -0.4 is 20.1 Å². The third-order valence-electron chi connectivity index (χ3n) is 3.43. The monoisotopic (exact) mass is 362 g/mol. The van der Waals surface area contributed by atoms with Crippen molar-refractivity contribution in [2.24, 2.45) is 0 Å². The third-order valence-corrected chi connectivity index (χ3v) is 3.84. The summed E-state index contributed by atoms with van der Waals surface area (Å²) in [5.74, 6) is 1.21. The number of ether oxygens (including phenoxy) is 2. The maximum Gasteiger partial charge on any atom is 0.243 e. The van der Waals surface area contributed by atoms with Crippen LogP contribution in [0.15, 0.2) is 36.4 Å². The van der Waals surface area contributed by atoms with E-state index in [0.717, 1.165) is 17.0 Å². The predicted octanol–water partition coefficient (Wildman–Crippen LogP) is 4.49. The molecule has 0 spiro atoms. The number of carbonyl (C=O) groups is 1. The highest BCUT2D eigenvalue weighted by atomic mass is 35.5. The van der Waals surface area contributed by atoms with E-state index < -0.39 is 0 Å². The van der Waals surface area contributed by atoms with Crippen LogP contribution in [-0.2, 0) is 4.79 Å². The first-order valence-corrected chi connectivity index (χ1v) is 8.41. The van der Waals surface area contributed by atoms with Crippen molar-refractivity contribution in [1.82, 2.24) is 0 Å². The number of anilines is 2. The fraction of sp³-hybridized carbons (Fsp3) is 0.316. The highest BCUT2D eigenvalue weighted by Crippen LogP contribution is 2.30. The summed E-state index contributed by atoms with van der Waals surface area (Å²) < 4.78 is 10.9. The molecular weight excluding hydrogens is 340 g/mol. The predicted molar refractivity (Wildman–Crippen MR) is 102 cm³/mol. The second-order valence-electron chi connectivity index (χ2n) is 5.89. The second kappa shape index (κ2) is 8.62. The van der Waals surface area contributed by atoms with Gasteiger partial charge >= 0.3 is 0 Å². The first-order chi connectivity index (χ1) is 11.9. The van der Waals surface area contributed by atoms with Gasteiger partial charge < -0.3 is 20.1 Å². The smallest absolute Gasteiger partial charge is 0.243 e. The van der Waals surface area contributed by atoms with Crippen LogP contribution in [0.5, 0.6) is 11.5 Å². The van der Waals surface area contributed by atoms with Crippen molar-refractivity contribution in [1.29, 1.82) is 0 Å². The van der Waals surface area contributed by atoms with Gasteiger partial charge in [-0.2, -0.15) is 0 Å². The molecule has 1 amide bonds. The lowest BCUT2D eigenvalue weighted by Crippen LogP contribution is -2.22. The van der Waals surface area contributed by atoms with Gasteiger partial charge in [-0.3, -0.25) is 4.79 Å². The van der Waals surface area contributed by atoms with Crippen molar-refractivity contribution in [2.45, 2.75) is 26.9 Å². The minimum atomic E-state index is -0.160. The van der Waals surface area contributed by atoms with E-state index >= 15 is 0 Å². The Morgan fingerprint density at radius 1 is 1.20 bits per heavy atom. The van der Waals surface area contributed by atoms with Gasteiger partial charge in [0.1, 0.15) is 11.5 Å². The lowest BCUT2D eigenvalue weighted by atomic mass is 10.2. The minimum absolute atomic E-state index is 0.113. The Kier molecular flexibility index (Phi) is 6.53. The van der Waals surface area contributed by atoms with Gasteiger partial charge in [-0.25, -0.2) is 0 Å². The van der Waals surface area contributed by atoms with Gasteiger partial charge in [0.15, 0.2) is 0 Å². The standard InChI is InChI=1S/C19H23ClN2O3/c1-12(2)25-15-7-5-14(6-8-15)22-19(23)11-21-17-9-13(3)16(20)10-18(17)24-4/h5-10,12,21H,11H2,1-4H3,(H,22,23). The van der Waals surface area contributed by atoms with Crippen molar-refractivity contribution >= 4 is 28.9 Å². The summed E-state index contributed by atoms with van der Waals surface area (Å²) in [4.78, 5) is 12.1. The van der Waals surface area contributed by atoms with E-state index in [-0.39, 0.29) is 18.6 Å². The molecule has 0 fully saturated rings. The van der Waals surface area contributed by atoms with Gasteiger partial charge in [-0.05, 0) is 56.7 Å². The molecule has 25 heavy (non-hydrogen) atoms. The summed E-state index contributed by atoms with van der Waals surface area (Å²) in [5.41, 5.74) is 2.34. The molecule has 6 heteroatoms. The van der Waals surface area contributed by atoms with E-state index in [1.165, 1.54) is 0 Å². The number of hydrogen-bond donors (Lipinski definition) is 2. The molecular formula is C19H23ClN2O3. The molecule has 5 nitrogen and oxygen atoms in total. The molecule has 0 aliphatic rings. The first-order valence-electron chi connectivity index (χ1n) is 8.03. The molecule has 0 unspecified atom stereocenters. The van der Waals surface area contributed by atoms with Crippen LogP contribution in [0, 0.1) is 6.92 Å². The molecule has 0 aliphatic heterocycles. The molecule has 2 rings (SSSR count). The Morgan fingerprint density at radius 3 is 2.48 bits per heavy atom. The molecule has 0 bridgehead atoms. The Balaban J connectivity index is 1.94. The van der Waals surface area contributed by atoms with Crippen LogP contribution >= 0.6 is 11.6 Å². The third kappa shape index (κ3) is 5.57. The van der Waals surface area contributed by atoms with Gasteiger partial charge in [0, 0.05) is 16.8 Å². The van der Waals surface area contributed by atoms with E-state index in [1.54, 1.807) is 13.2 Å². The van der Waals surface area contributed by atoms with Crippen LogP contribution in [0.2, 0.25) is 5.02 Å². The maximum atomic E-state index is 12.1. The van der Waals surface area contributed by atoms with Crippen LogP contribution in [0.25, 0.3) is 0 Å². The van der Waals surface area contributed by atoms with Crippen LogP contribution in [0.4, 0.5) is 11.4 Å². The number of halogens is 1. The molecule has 2 N–H and O–H groups in total. The lowest BCUT2D eigenvalue weighted by molar-refractivity contribution is -0.114. The summed E-state index contributed by atoms with van der Waals surface area (Å²) in [6.45, 7) is 5.94. The van der Waals surface area contributed by atoms with Gasteiger partial charge in [-0.15, -0.1) is 0 Å². The van der Waals surface area contributed by atoms with Crippen molar-refractivity contribution in [3.63, 3.8) is 0 Å². The van der Waals surface area contributed by atoms with Crippen LogP contribution in [-0.4, -0.2) is 25.7 Å². The second-order valence-corrected chi connectivity index (χ2v) is 6.30. The molecule has 0 aromatic heterocycles. The van der Waals surface area contributed by atoms with E-state index in [1.807, 2.05) is 51.1 Å². The fourth-order valence-electron chi connectivity index (χ4n) is 2.24. The van der Waals surface area contributed by atoms with E-state index in [0.29, 0.717) is 16.5 Å². The summed E-state index contributed by atoms with van der Waals surface area (Å²) in [5, 5.41) is 6.52. The largest absolute Gasteiger partial charge is 0.495 e. The highest BCUT2D eigenvalue weighted by molar-refractivity contribution is 6.31. The number of carbonyl (C=O) groups excluding carboxylic acids is 1. The normalized spacial score (nSPS) is 10.5. The van der Waals surface area contributed by atoms with Crippen molar-refractivity contribution in [2.75, 3.05) is 24.3 Å². The lowest BCUT2D eigenvalue weighted by Gasteiger charge is -2.13. The fourth-order valence-corrected chi connectivity index (χ4v) is 2.39. The number of methoxy groups -OCH3 is 1. The molecule has 0 saturated carbocycles. The Morgan fingerprint density at radius 2 is 1.88 bits per heavy atom.